The molecule has 0 aromatic heterocycles. The number of ether oxygens (including phenoxy) is 1. The molecular weight excluding hydrogens is 515 g/mol. The molecule has 176 valence electrons. The predicted octanol–water partition coefficient (Wildman–Crippen LogP) is -11.4. The summed E-state index contributed by atoms with van der Waals surface area (Å²) in [4.78, 5) is 19.9. The van der Waals surface area contributed by atoms with Gasteiger partial charge in [-0.3, -0.25) is 4.79 Å². The maximum atomic E-state index is 10.8. The Morgan fingerprint density at radius 3 is 1.73 bits per heavy atom. The summed E-state index contributed by atoms with van der Waals surface area (Å²) in [6.07, 6.45) is 1.94. The molecule has 1 unspecified atom stereocenters. The van der Waals surface area contributed by atoms with E-state index in [2.05, 4.69) is 25.1 Å². The number of carboxylic acid groups (broad SMARTS) is 1. The summed E-state index contributed by atoms with van der Waals surface area (Å²) in [6, 6.07) is 0. The molecule has 0 heterocycles. The number of hydrogen-bond donors (Lipinski definition) is 2. The van der Waals surface area contributed by atoms with Crippen LogP contribution in [0.4, 0.5) is 0 Å². The first-order valence-electron chi connectivity index (χ1n) is 7.91. The van der Waals surface area contributed by atoms with E-state index in [1.807, 2.05) is 0 Å². The summed E-state index contributed by atoms with van der Waals surface area (Å²) in [6.45, 7) is 12.4. The number of aliphatic hydroxyl groups excluding tert-OH is 1. The average Bonchev–Trinajstić information content (AvgIpc) is 2.51. The fourth-order valence-electron chi connectivity index (χ4n) is 1.43. The van der Waals surface area contributed by atoms with Crippen molar-refractivity contribution in [1.29, 1.82) is 0 Å². The van der Waals surface area contributed by atoms with Gasteiger partial charge in [0.05, 0.1) is 57.0 Å². The Balaban J connectivity index is -0.0000000855. The summed E-state index contributed by atoms with van der Waals surface area (Å²) < 4.78 is 66.1. The van der Waals surface area contributed by atoms with Crippen LogP contribution < -0.4 is 99.1 Å². The molecule has 0 aliphatic carbocycles. The summed E-state index contributed by atoms with van der Waals surface area (Å²) in [5, 5.41) is 20.3. The summed E-state index contributed by atoms with van der Waals surface area (Å²) in [5.74, 6) is -3.19. The Morgan fingerprint density at radius 2 is 1.45 bits per heavy atom. The van der Waals surface area contributed by atoms with Gasteiger partial charge >= 0.3 is 88.7 Å². The van der Waals surface area contributed by atoms with Crippen LogP contribution in [0.25, 0.3) is 0 Å². The molecule has 0 aromatic carbocycles. The minimum absolute atomic E-state index is 0. The number of amides is 1. The van der Waals surface area contributed by atoms with Gasteiger partial charge in [0.15, 0.2) is 0 Å². The fraction of sp³-hybridized carbons (Fsp3) is 0.500. The smallest absolute Gasteiger partial charge is 0.748 e. The van der Waals surface area contributed by atoms with Crippen molar-refractivity contribution in [3.8, 4) is 0 Å². The van der Waals surface area contributed by atoms with Crippen molar-refractivity contribution < 1.29 is 139 Å². The molecule has 2 N–H and O–H groups in total. The van der Waals surface area contributed by atoms with Gasteiger partial charge in [0.1, 0.15) is 0 Å². The van der Waals surface area contributed by atoms with E-state index in [0.717, 1.165) is 12.2 Å². The van der Waals surface area contributed by atoms with E-state index in [-0.39, 0.29) is 102 Å². The Labute approximate surface area is 261 Å². The Hall–Kier alpha value is 0.900. The molecule has 0 saturated carbocycles. The van der Waals surface area contributed by atoms with Crippen molar-refractivity contribution in [2.24, 2.45) is 0 Å². The molecule has 1 amide bonds. The van der Waals surface area contributed by atoms with Gasteiger partial charge < -0.3 is 34.2 Å². The number of aliphatic carboxylic acids is 1. The summed E-state index contributed by atoms with van der Waals surface area (Å²) in [7, 11) is -8.70. The average molecular weight is 541 g/mol. The van der Waals surface area contributed by atoms with E-state index in [1.54, 1.807) is 0 Å². The first kappa shape index (κ1) is 47.1. The van der Waals surface area contributed by atoms with Gasteiger partial charge in [-0.15, -0.1) is 6.58 Å². The Bertz CT molecular complexity index is 786. The minimum atomic E-state index is -4.37. The largest absolute Gasteiger partial charge is 1.00 e. The number of aliphatic hydroxyl groups is 1. The van der Waals surface area contributed by atoms with Gasteiger partial charge in [-0.2, -0.15) is 0 Å². The van der Waals surface area contributed by atoms with Crippen molar-refractivity contribution in [3.63, 3.8) is 0 Å². The van der Waals surface area contributed by atoms with Crippen LogP contribution >= 0.6 is 0 Å². The molecule has 0 aliphatic heterocycles. The van der Waals surface area contributed by atoms with E-state index in [1.165, 1.54) is 19.9 Å². The number of carboxylic acids is 1. The first-order chi connectivity index (χ1) is 13.4. The van der Waals surface area contributed by atoms with Crippen LogP contribution in [-0.4, -0.2) is 79.3 Å². The van der Waals surface area contributed by atoms with E-state index >= 15 is 0 Å². The Kier molecular flexibility index (Phi) is 35.1. The number of nitrogens with one attached hydrogen (secondary N) is 1. The SMILES string of the molecule is C=CC(=O)NC(C)(C)CS(=O)(=O)[O-].C=CC(=O)[O-].C=CCOCC(O)CS(=O)(=O)[O-].[Na+].[Na+].[Na+]. The maximum Gasteiger partial charge on any atom is 1.00 e. The van der Waals surface area contributed by atoms with Crippen LogP contribution in [0.2, 0.25) is 0 Å². The molecule has 0 radical (unpaired) electrons. The molecule has 0 aliphatic rings. The van der Waals surface area contributed by atoms with Crippen molar-refractivity contribution in [3.05, 3.63) is 38.0 Å². The van der Waals surface area contributed by atoms with Gasteiger partial charge in [-0.1, -0.05) is 19.2 Å². The van der Waals surface area contributed by atoms with Crippen molar-refractivity contribution in [2.45, 2.75) is 25.5 Å². The third-order valence-corrected chi connectivity index (χ3v) is 4.16. The molecule has 33 heavy (non-hydrogen) atoms. The van der Waals surface area contributed by atoms with Gasteiger partial charge in [0.2, 0.25) is 5.91 Å². The molecule has 0 saturated heterocycles. The normalized spacial score (nSPS) is 10.9. The van der Waals surface area contributed by atoms with Gasteiger partial charge in [0, 0.05) is 5.54 Å². The number of carbonyl (C=O) groups is 2. The first-order valence-corrected chi connectivity index (χ1v) is 11.1. The molecule has 0 fully saturated rings. The van der Waals surface area contributed by atoms with Crippen molar-refractivity contribution in [2.75, 3.05) is 24.7 Å². The zero-order valence-electron chi connectivity index (χ0n) is 19.6. The standard InChI is InChI=1S/C7H13NO4S.C6H12O5S.C3H4O2.3Na/c1-4-6(9)8-7(2,3)5-13(10,11)12;1-2-3-11-4-6(7)5-12(8,9)10;1-2-3(4)5;;;/h4H,1,5H2,2-3H3,(H,8,9)(H,10,11,12);2,6-7H,1,3-5H2,(H,8,9,10);2H,1H2,(H,4,5);;;/q;;;3*+1/p-3. The van der Waals surface area contributed by atoms with Crippen molar-refractivity contribution >= 4 is 32.1 Å². The second kappa shape index (κ2) is 24.6. The van der Waals surface area contributed by atoms with Crippen LogP contribution in [0.3, 0.4) is 0 Å². The molecular formula is C16H26NNa3O11S2. The van der Waals surface area contributed by atoms with E-state index in [0.29, 0.717) is 0 Å². The van der Waals surface area contributed by atoms with Crippen LogP contribution in [0.15, 0.2) is 38.0 Å². The number of carbonyl (C=O) groups excluding carboxylic acids is 2. The number of hydrogen-bond acceptors (Lipinski definition) is 11. The zero-order valence-corrected chi connectivity index (χ0v) is 27.2. The number of rotatable bonds is 11. The predicted molar refractivity (Wildman–Crippen MR) is 104 cm³/mol. The third kappa shape index (κ3) is 46.8. The minimum Gasteiger partial charge on any atom is -0.748 e. The molecule has 0 rings (SSSR count). The van der Waals surface area contributed by atoms with Gasteiger partial charge in [0.25, 0.3) is 0 Å². The summed E-state index contributed by atoms with van der Waals surface area (Å²) >= 11 is 0. The summed E-state index contributed by atoms with van der Waals surface area (Å²) in [5.41, 5.74) is -1.06. The molecule has 0 bridgehead atoms. The van der Waals surface area contributed by atoms with Crippen LogP contribution in [0.5, 0.6) is 0 Å². The topological polar surface area (TPSA) is 213 Å². The quantitative estimate of drug-likeness (QED) is 0.0823. The molecule has 1 atom stereocenters. The Morgan fingerprint density at radius 1 is 1.03 bits per heavy atom. The van der Waals surface area contributed by atoms with E-state index < -0.39 is 55.3 Å². The zero-order chi connectivity index (χ0) is 24.6. The molecule has 0 spiro atoms. The second-order valence-electron chi connectivity index (χ2n) is 6.01. The van der Waals surface area contributed by atoms with Crippen molar-refractivity contribution in [1.82, 2.24) is 5.32 Å². The maximum absolute atomic E-state index is 10.8. The van der Waals surface area contributed by atoms with E-state index in [9.17, 15) is 30.7 Å². The molecule has 12 nitrogen and oxygen atoms in total. The molecule has 17 heteroatoms. The van der Waals surface area contributed by atoms with Crippen LogP contribution in [0, 0.1) is 0 Å². The molecule has 0 aromatic rings. The third-order valence-electron chi connectivity index (χ3n) is 2.29. The van der Waals surface area contributed by atoms with Gasteiger partial charge in [-0.25, -0.2) is 16.8 Å². The van der Waals surface area contributed by atoms with Gasteiger partial charge in [-0.05, 0) is 26.0 Å². The van der Waals surface area contributed by atoms with E-state index in [4.69, 9.17) is 19.7 Å². The van der Waals surface area contributed by atoms with Crippen LogP contribution in [0.1, 0.15) is 13.8 Å². The monoisotopic (exact) mass is 541 g/mol. The second-order valence-corrected chi connectivity index (χ2v) is 8.86. The van der Waals surface area contributed by atoms with Crippen LogP contribution in [-0.2, 0) is 34.6 Å². The fourth-order valence-corrected chi connectivity index (χ4v) is 2.96.